The zero-order valence-electron chi connectivity index (χ0n) is 21.2. The Morgan fingerprint density at radius 2 is 1.75 bits per heavy atom. The van der Waals surface area contributed by atoms with Gasteiger partial charge in [0.25, 0.3) is 0 Å². The number of ketones is 2. The lowest BCUT2D eigenvalue weighted by Gasteiger charge is -2.47. The molecule has 0 amide bonds. The van der Waals surface area contributed by atoms with E-state index in [2.05, 4.69) is 67.3 Å². The molecular formula is C25H41Cl3O3Si. The van der Waals surface area contributed by atoms with Crippen molar-refractivity contribution in [2.75, 3.05) is 0 Å². The van der Waals surface area contributed by atoms with E-state index >= 15 is 0 Å². The van der Waals surface area contributed by atoms with Crippen LogP contribution in [0.4, 0.5) is 0 Å². The van der Waals surface area contributed by atoms with Gasteiger partial charge in [0.15, 0.2) is 14.1 Å². The van der Waals surface area contributed by atoms with Gasteiger partial charge in [-0.3, -0.25) is 9.59 Å². The van der Waals surface area contributed by atoms with Crippen molar-refractivity contribution in [2.45, 2.75) is 102 Å². The molecule has 1 aliphatic rings. The predicted molar refractivity (Wildman–Crippen MR) is 140 cm³/mol. The molecule has 32 heavy (non-hydrogen) atoms. The van der Waals surface area contributed by atoms with Crippen molar-refractivity contribution in [2.24, 2.45) is 17.3 Å². The molecule has 0 aromatic rings. The number of allylic oxidation sites excluding steroid dienone is 3. The van der Waals surface area contributed by atoms with Crippen molar-refractivity contribution in [3.8, 4) is 0 Å². The zero-order valence-corrected chi connectivity index (χ0v) is 24.5. The second kappa shape index (κ2) is 10.2. The molecule has 1 fully saturated rings. The normalized spacial score (nSPS) is 26.6. The van der Waals surface area contributed by atoms with Gasteiger partial charge >= 0.3 is 0 Å². The van der Waals surface area contributed by atoms with E-state index in [-0.39, 0.29) is 22.7 Å². The van der Waals surface area contributed by atoms with Crippen LogP contribution in [0.2, 0.25) is 18.1 Å². The summed E-state index contributed by atoms with van der Waals surface area (Å²) < 4.78 is 4.70. The van der Waals surface area contributed by atoms with E-state index in [0.29, 0.717) is 6.42 Å². The van der Waals surface area contributed by atoms with E-state index in [4.69, 9.17) is 39.2 Å². The third kappa shape index (κ3) is 7.18. The highest BCUT2D eigenvalue weighted by molar-refractivity contribution is 6.77. The minimum absolute atomic E-state index is 0.0495. The SMILES string of the molecule is C=C[C@](C)(CCC=C(C)C)C[C@H]1[C@H](C(=O)C(Cl)(Cl)Cl)C(=O)C[C@@]1(C)O[Si](C)(C)C(C)(C)C. The summed E-state index contributed by atoms with van der Waals surface area (Å²) in [5, 5.41) is -0.0495. The number of hydrogen-bond acceptors (Lipinski definition) is 3. The van der Waals surface area contributed by atoms with E-state index < -0.39 is 35.3 Å². The largest absolute Gasteiger partial charge is 0.411 e. The van der Waals surface area contributed by atoms with Crippen LogP contribution in [0.15, 0.2) is 24.3 Å². The van der Waals surface area contributed by atoms with Crippen LogP contribution in [0.25, 0.3) is 0 Å². The first-order chi connectivity index (χ1) is 14.2. The molecule has 4 atom stereocenters. The topological polar surface area (TPSA) is 43.4 Å². The van der Waals surface area contributed by atoms with Crippen molar-refractivity contribution in [1.82, 2.24) is 0 Å². The molecule has 0 radical (unpaired) electrons. The average Bonchev–Trinajstić information content (AvgIpc) is 2.80. The Balaban J connectivity index is 3.47. The first kappa shape index (κ1) is 29.9. The third-order valence-corrected chi connectivity index (χ3v) is 12.5. The Morgan fingerprint density at radius 1 is 1.22 bits per heavy atom. The molecule has 0 saturated heterocycles. The van der Waals surface area contributed by atoms with Gasteiger partial charge in [-0.05, 0) is 63.6 Å². The van der Waals surface area contributed by atoms with Gasteiger partial charge in [-0.2, -0.15) is 0 Å². The van der Waals surface area contributed by atoms with Gasteiger partial charge in [-0.15, -0.1) is 6.58 Å². The van der Waals surface area contributed by atoms with Crippen LogP contribution < -0.4 is 0 Å². The maximum Gasteiger partial charge on any atom is 0.249 e. The van der Waals surface area contributed by atoms with Crippen molar-refractivity contribution in [3.05, 3.63) is 24.3 Å². The Hall–Kier alpha value is -0.133. The number of hydrogen-bond donors (Lipinski definition) is 0. The summed E-state index contributed by atoms with van der Waals surface area (Å²) in [6.45, 7) is 23.1. The highest BCUT2D eigenvalue weighted by atomic mass is 35.6. The number of carbonyl (C=O) groups is 2. The smallest absolute Gasteiger partial charge is 0.249 e. The molecule has 0 N–H and O–H groups in total. The van der Waals surface area contributed by atoms with Gasteiger partial charge in [0.1, 0.15) is 5.78 Å². The van der Waals surface area contributed by atoms with Gasteiger partial charge in [0, 0.05) is 12.3 Å². The van der Waals surface area contributed by atoms with Gasteiger partial charge in [0.2, 0.25) is 3.79 Å². The number of Topliss-reactive ketones (excluding diaryl/α,β-unsaturated/α-hetero) is 2. The molecule has 0 aromatic carbocycles. The molecule has 0 spiro atoms. The molecule has 184 valence electrons. The predicted octanol–water partition coefficient (Wildman–Crippen LogP) is 8.24. The molecular weight excluding hydrogens is 483 g/mol. The summed E-state index contributed by atoms with van der Waals surface area (Å²) in [5.74, 6) is -2.26. The molecule has 0 bridgehead atoms. The second-order valence-corrected chi connectivity index (χ2v) is 18.7. The van der Waals surface area contributed by atoms with Crippen LogP contribution in [0, 0.1) is 17.3 Å². The minimum Gasteiger partial charge on any atom is -0.411 e. The number of carbonyl (C=O) groups excluding carboxylic acids is 2. The molecule has 7 heteroatoms. The fraction of sp³-hybridized carbons (Fsp3) is 0.760. The summed E-state index contributed by atoms with van der Waals surface area (Å²) in [6.07, 6.45) is 6.55. The van der Waals surface area contributed by atoms with E-state index in [1.165, 1.54) is 5.57 Å². The van der Waals surface area contributed by atoms with E-state index in [1.54, 1.807) is 0 Å². The van der Waals surface area contributed by atoms with Crippen molar-refractivity contribution >= 4 is 54.7 Å². The summed E-state index contributed by atoms with van der Waals surface area (Å²) in [4.78, 5) is 26.3. The minimum atomic E-state index is -2.25. The molecule has 1 saturated carbocycles. The molecule has 0 unspecified atom stereocenters. The van der Waals surface area contributed by atoms with Crippen LogP contribution in [0.5, 0.6) is 0 Å². The summed E-state index contributed by atoms with van der Waals surface area (Å²) in [5.41, 5.74) is 0.144. The van der Waals surface area contributed by atoms with Gasteiger partial charge in [-0.25, -0.2) is 0 Å². The van der Waals surface area contributed by atoms with Gasteiger partial charge in [-0.1, -0.05) is 80.2 Å². The van der Waals surface area contributed by atoms with Crippen LogP contribution in [-0.2, 0) is 14.0 Å². The monoisotopic (exact) mass is 522 g/mol. The lowest BCUT2D eigenvalue weighted by molar-refractivity contribution is -0.132. The van der Waals surface area contributed by atoms with Crippen LogP contribution >= 0.6 is 34.8 Å². The van der Waals surface area contributed by atoms with E-state index in [0.717, 1.165) is 12.8 Å². The van der Waals surface area contributed by atoms with Crippen LogP contribution in [0.3, 0.4) is 0 Å². The zero-order chi connectivity index (χ0) is 25.3. The fourth-order valence-corrected chi connectivity index (χ4v) is 6.38. The Morgan fingerprint density at radius 3 is 2.16 bits per heavy atom. The lowest BCUT2D eigenvalue weighted by atomic mass is 9.70. The van der Waals surface area contributed by atoms with Gasteiger partial charge < -0.3 is 4.43 Å². The van der Waals surface area contributed by atoms with Crippen molar-refractivity contribution in [3.63, 3.8) is 0 Å². The Labute approximate surface area is 211 Å². The van der Waals surface area contributed by atoms with Crippen molar-refractivity contribution in [1.29, 1.82) is 0 Å². The van der Waals surface area contributed by atoms with E-state index in [1.807, 2.05) is 13.0 Å². The Kier molecular flexibility index (Phi) is 9.56. The number of halogens is 3. The number of rotatable bonds is 9. The summed E-state index contributed by atoms with van der Waals surface area (Å²) >= 11 is 18.0. The molecule has 3 nitrogen and oxygen atoms in total. The number of alkyl halides is 3. The second-order valence-electron chi connectivity index (χ2n) is 11.6. The summed E-state index contributed by atoms with van der Waals surface area (Å²) in [6, 6.07) is 0. The molecule has 0 aromatic heterocycles. The first-order valence-corrected chi connectivity index (χ1v) is 15.3. The van der Waals surface area contributed by atoms with Crippen LogP contribution in [-0.4, -0.2) is 29.3 Å². The molecule has 0 aliphatic heterocycles. The fourth-order valence-electron chi connectivity index (χ4n) is 4.33. The highest BCUT2D eigenvalue weighted by Gasteiger charge is 2.60. The molecule has 0 heterocycles. The molecule has 1 rings (SSSR count). The summed E-state index contributed by atoms with van der Waals surface area (Å²) in [7, 11) is -2.25. The third-order valence-electron chi connectivity index (χ3n) is 7.36. The van der Waals surface area contributed by atoms with Crippen LogP contribution in [0.1, 0.15) is 74.1 Å². The quantitative estimate of drug-likeness (QED) is 0.132. The first-order valence-electron chi connectivity index (χ1n) is 11.3. The maximum atomic E-state index is 13.2. The lowest BCUT2D eigenvalue weighted by Crippen LogP contribution is -2.52. The Bertz CT molecular complexity index is 759. The van der Waals surface area contributed by atoms with E-state index in [9.17, 15) is 9.59 Å². The van der Waals surface area contributed by atoms with Gasteiger partial charge in [0.05, 0.1) is 11.5 Å². The highest BCUT2D eigenvalue weighted by Crippen LogP contribution is 2.53. The maximum absolute atomic E-state index is 13.2. The van der Waals surface area contributed by atoms with Crippen molar-refractivity contribution < 1.29 is 14.0 Å². The average molecular weight is 524 g/mol. The standard InChI is InChI=1S/C25H41Cl3O3Si/c1-11-23(7,14-12-13-17(2)3)15-18-20(21(30)25(26,27)28)19(29)16-24(18,8)31-32(9,10)22(4,5)6/h11,13,18,20H,1,12,14-16H2,2-10H3/t18-,20-,23+,24+/m0/s1. The molecule has 1 aliphatic carbocycles.